The number of rotatable bonds is 5. The molecule has 5 heteroatoms. The van der Waals surface area contributed by atoms with E-state index in [9.17, 15) is 9.59 Å². The number of hydrogen-bond acceptors (Lipinski definition) is 3. The van der Waals surface area contributed by atoms with Crippen molar-refractivity contribution in [2.24, 2.45) is 17.8 Å². The van der Waals surface area contributed by atoms with E-state index in [2.05, 4.69) is 100 Å². The molecule has 1 aliphatic carbocycles. The number of allylic oxidation sites excluding steroid dienone is 1. The van der Waals surface area contributed by atoms with E-state index in [1.807, 2.05) is 6.92 Å². The summed E-state index contributed by atoms with van der Waals surface area (Å²) in [5, 5.41) is 5.92. The van der Waals surface area contributed by atoms with E-state index in [0.717, 1.165) is 30.5 Å². The van der Waals surface area contributed by atoms with Gasteiger partial charge in [-0.15, -0.1) is 0 Å². The van der Waals surface area contributed by atoms with Gasteiger partial charge in [0.25, 0.3) is 6.47 Å². The zero-order chi connectivity index (χ0) is 25.3. The van der Waals surface area contributed by atoms with E-state index in [1.165, 1.54) is 0 Å². The highest BCUT2D eigenvalue weighted by Crippen LogP contribution is 2.40. The number of carbonyl (C=O) groups is 2. The van der Waals surface area contributed by atoms with Gasteiger partial charge in [-0.2, -0.15) is 0 Å². The van der Waals surface area contributed by atoms with E-state index in [4.69, 9.17) is 4.74 Å². The molecule has 2 rings (SSSR count). The van der Waals surface area contributed by atoms with Gasteiger partial charge in [-0.3, -0.25) is 4.79 Å². The molecule has 2 aliphatic rings. The molecule has 0 spiro atoms. The summed E-state index contributed by atoms with van der Waals surface area (Å²) in [6.07, 6.45) is 3.62. The second kappa shape index (κ2) is 15.3. The van der Waals surface area contributed by atoms with Gasteiger partial charge in [0.05, 0.1) is 12.6 Å². The van der Waals surface area contributed by atoms with Crippen molar-refractivity contribution in [3.8, 4) is 82.9 Å². The van der Waals surface area contributed by atoms with Gasteiger partial charge in [0.15, 0.2) is 0 Å². The summed E-state index contributed by atoms with van der Waals surface area (Å²) in [5.41, 5.74) is 1.85. The fourth-order valence-electron chi connectivity index (χ4n) is 4.31. The molecule has 35 heavy (non-hydrogen) atoms. The summed E-state index contributed by atoms with van der Waals surface area (Å²) in [5.74, 6) is 38.1. The predicted octanol–water partition coefficient (Wildman–Crippen LogP) is 2.60. The quantitative estimate of drug-likeness (QED) is 0.375. The second-order valence-corrected chi connectivity index (χ2v) is 7.93. The van der Waals surface area contributed by atoms with Gasteiger partial charge in [0, 0.05) is 18.0 Å². The predicted molar refractivity (Wildman–Crippen MR) is 135 cm³/mol. The topological polar surface area (TPSA) is 67.4 Å². The van der Waals surface area contributed by atoms with Gasteiger partial charge < -0.3 is 15.4 Å². The van der Waals surface area contributed by atoms with Gasteiger partial charge in [-0.1, -0.05) is 31.6 Å². The summed E-state index contributed by atoms with van der Waals surface area (Å²) < 4.78 is 4.91. The molecule has 1 fully saturated rings. The highest BCUT2D eigenvalue weighted by Gasteiger charge is 2.40. The second-order valence-electron chi connectivity index (χ2n) is 7.93. The Labute approximate surface area is 208 Å². The Morgan fingerprint density at radius 1 is 0.943 bits per heavy atom. The minimum atomic E-state index is -0.223. The smallest absolute Gasteiger partial charge is 0.319 e. The van der Waals surface area contributed by atoms with Crippen molar-refractivity contribution in [3.63, 3.8) is 0 Å². The van der Waals surface area contributed by atoms with Crippen molar-refractivity contribution < 1.29 is 14.3 Å². The Bertz CT molecular complexity index is 1290. The lowest BCUT2D eigenvalue weighted by atomic mass is 9.67. The molecule has 0 bridgehead atoms. The third-order valence-electron chi connectivity index (χ3n) is 5.75. The van der Waals surface area contributed by atoms with Crippen molar-refractivity contribution in [2.75, 3.05) is 6.61 Å². The summed E-state index contributed by atoms with van der Waals surface area (Å²) in [7, 11) is 0. The highest BCUT2D eigenvalue weighted by atomic mass is 16.5. The van der Waals surface area contributed by atoms with Crippen molar-refractivity contribution >= 4 is 12.5 Å². The highest BCUT2D eigenvalue weighted by molar-refractivity contribution is 5.78. The lowest BCUT2D eigenvalue weighted by Crippen LogP contribution is -2.54. The molecular weight excluding hydrogens is 436 g/mol. The monoisotopic (exact) mass is 462 g/mol. The fourth-order valence-corrected chi connectivity index (χ4v) is 4.31. The molecule has 1 heterocycles. The van der Waals surface area contributed by atoms with Crippen LogP contribution in [-0.4, -0.2) is 25.2 Å². The fraction of sp³-hybridized carbons (Fsp3) is 0.400. The molecule has 0 aromatic heterocycles. The van der Waals surface area contributed by atoms with Gasteiger partial charge in [-0.25, -0.2) is 4.79 Å². The third-order valence-corrected chi connectivity index (χ3v) is 5.75. The summed E-state index contributed by atoms with van der Waals surface area (Å²) in [6, 6.07) is -0.393. The molecule has 0 saturated heterocycles. The Morgan fingerprint density at radius 3 is 2.14 bits per heavy atom. The van der Waals surface area contributed by atoms with Crippen LogP contribution in [0.4, 0.5) is 4.79 Å². The van der Waals surface area contributed by atoms with Crippen molar-refractivity contribution in [1.29, 1.82) is 0 Å². The van der Waals surface area contributed by atoms with Gasteiger partial charge in [0.1, 0.15) is 0 Å². The number of nitrogens with one attached hydrogen (secondary N) is 2. The van der Waals surface area contributed by atoms with Crippen molar-refractivity contribution in [1.82, 2.24) is 10.6 Å². The molecule has 174 valence electrons. The largest absolute Gasteiger partial charge is 0.468 e. The Morgan fingerprint density at radius 2 is 1.54 bits per heavy atom. The van der Waals surface area contributed by atoms with Gasteiger partial charge >= 0.3 is 6.03 Å². The standard InChI is InChI=1S/C30H26N2O3/c1-4-5-6-7-8-9-10-11-12-13-14-15-16-19-26-20-17-18-24(2)28(26)29-27(21-22-35-23-33)25(3)31-30(34)32-29/h23-24,26,28-29H,17-18,20-22H2,1-3H3,(H2,31,32,34). The van der Waals surface area contributed by atoms with Crippen LogP contribution in [0, 0.1) is 101 Å². The van der Waals surface area contributed by atoms with Crippen LogP contribution in [0.2, 0.25) is 0 Å². The molecule has 0 radical (unpaired) electrons. The lowest BCUT2D eigenvalue weighted by molar-refractivity contribution is -0.128. The molecular formula is C30H26N2O3. The molecule has 1 saturated carbocycles. The van der Waals surface area contributed by atoms with Crippen LogP contribution in [-0.2, 0) is 9.53 Å². The number of ether oxygens (including phenoxy) is 1. The Hall–Kier alpha value is -4.60. The first-order chi connectivity index (χ1) is 17.1. The Kier molecular flexibility index (Phi) is 11.6. The molecule has 2 amide bonds. The maximum atomic E-state index is 12.3. The molecule has 5 nitrogen and oxygen atoms in total. The van der Waals surface area contributed by atoms with Gasteiger partial charge in [-0.05, 0) is 109 Å². The number of carbonyl (C=O) groups excluding carboxylic acids is 2. The van der Waals surface area contributed by atoms with E-state index in [-0.39, 0.29) is 30.5 Å². The Balaban J connectivity index is 2.13. The molecule has 0 aromatic carbocycles. The van der Waals surface area contributed by atoms with E-state index in [0.29, 0.717) is 18.8 Å². The number of hydrogen-bond donors (Lipinski definition) is 2. The van der Waals surface area contributed by atoms with Crippen LogP contribution in [0.15, 0.2) is 11.3 Å². The van der Waals surface area contributed by atoms with E-state index >= 15 is 0 Å². The van der Waals surface area contributed by atoms with Crippen LogP contribution in [0.5, 0.6) is 0 Å². The third kappa shape index (κ3) is 9.04. The molecule has 1 aliphatic heterocycles. The van der Waals surface area contributed by atoms with Crippen LogP contribution < -0.4 is 10.6 Å². The average Bonchev–Trinajstić information content (AvgIpc) is 2.83. The maximum absolute atomic E-state index is 12.3. The van der Waals surface area contributed by atoms with Crippen LogP contribution in [0.1, 0.15) is 46.5 Å². The van der Waals surface area contributed by atoms with Gasteiger partial charge in [0.2, 0.25) is 0 Å². The van der Waals surface area contributed by atoms with E-state index in [1.54, 1.807) is 6.92 Å². The minimum Gasteiger partial charge on any atom is -0.468 e. The molecule has 4 atom stereocenters. The van der Waals surface area contributed by atoms with Crippen molar-refractivity contribution in [2.45, 2.75) is 52.5 Å². The molecule has 2 N–H and O–H groups in total. The average molecular weight is 463 g/mol. The SMILES string of the molecule is CC#CC#CC#CC#CC#CC#CC#CC1CCCC(C)C1C1NC(=O)NC(C)=C1CCOC=O. The first-order valence-corrected chi connectivity index (χ1v) is 11.3. The zero-order valence-corrected chi connectivity index (χ0v) is 20.1. The maximum Gasteiger partial charge on any atom is 0.319 e. The first kappa shape index (κ1) is 26.7. The van der Waals surface area contributed by atoms with Crippen LogP contribution in [0.3, 0.4) is 0 Å². The van der Waals surface area contributed by atoms with Crippen LogP contribution in [0.25, 0.3) is 0 Å². The van der Waals surface area contributed by atoms with Crippen LogP contribution >= 0.6 is 0 Å². The molecule has 4 unspecified atom stereocenters. The zero-order valence-electron chi connectivity index (χ0n) is 20.1. The number of urea groups is 1. The lowest BCUT2D eigenvalue weighted by Gasteiger charge is -2.42. The summed E-state index contributed by atoms with van der Waals surface area (Å²) >= 11 is 0. The minimum absolute atomic E-state index is 0.0766. The van der Waals surface area contributed by atoms with E-state index < -0.39 is 0 Å². The first-order valence-electron chi connectivity index (χ1n) is 11.3. The summed E-state index contributed by atoms with van der Waals surface area (Å²) in [6.45, 7) is 6.48. The summed E-state index contributed by atoms with van der Waals surface area (Å²) in [4.78, 5) is 22.8. The normalized spacial score (nSPS) is 21.5. The van der Waals surface area contributed by atoms with Crippen molar-refractivity contribution in [3.05, 3.63) is 11.3 Å². The molecule has 0 aromatic rings. The number of amides is 2.